The van der Waals surface area contributed by atoms with Gasteiger partial charge in [-0.05, 0) is 50.3 Å². The van der Waals surface area contributed by atoms with Crippen molar-refractivity contribution in [3.05, 3.63) is 34.9 Å². The number of nitrogens with zero attached hydrogens (tertiary/aromatic N) is 2. The van der Waals surface area contributed by atoms with Gasteiger partial charge < -0.3 is 14.9 Å². The molecular weight excluding hydrogens is 368 g/mol. The minimum absolute atomic E-state index is 0.0210. The number of benzene rings is 1. The van der Waals surface area contributed by atoms with Crippen LogP contribution >= 0.6 is 11.6 Å². The Morgan fingerprint density at radius 3 is 2.63 bits per heavy atom. The molecule has 1 aromatic rings. The number of fused-ring (bicyclic) bond motifs is 1. The SMILES string of the molecule is CC(C(=O)O)N(C)C(=O)C1CC2CCCCC2N1C(=O)c1cccc(Cl)c1. The Balaban J connectivity index is 1.92. The topological polar surface area (TPSA) is 77.9 Å². The fourth-order valence-electron chi connectivity index (χ4n) is 4.33. The van der Waals surface area contributed by atoms with Gasteiger partial charge in [0.2, 0.25) is 5.91 Å². The van der Waals surface area contributed by atoms with Crippen LogP contribution in [-0.2, 0) is 9.59 Å². The highest BCUT2D eigenvalue weighted by molar-refractivity contribution is 6.31. The molecule has 146 valence electrons. The summed E-state index contributed by atoms with van der Waals surface area (Å²) >= 11 is 6.05. The van der Waals surface area contributed by atoms with Crippen LogP contribution in [0.4, 0.5) is 0 Å². The number of likely N-dealkylation sites (N-methyl/N-ethyl adjacent to an activating group) is 1. The maximum Gasteiger partial charge on any atom is 0.326 e. The van der Waals surface area contributed by atoms with Gasteiger partial charge in [0, 0.05) is 23.7 Å². The monoisotopic (exact) mass is 392 g/mol. The van der Waals surface area contributed by atoms with Crippen LogP contribution in [0, 0.1) is 5.92 Å². The summed E-state index contributed by atoms with van der Waals surface area (Å²) in [5.74, 6) is -1.30. The Morgan fingerprint density at radius 2 is 1.96 bits per heavy atom. The quantitative estimate of drug-likeness (QED) is 0.854. The maximum absolute atomic E-state index is 13.3. The lowest BCUT2D eigenvalue weighted by atomic mass is 9.84. The number of aliphatic carboxylic acids is 1. The Kier molecular flexibility index (Phi) is 5.75. The molecule has 4 atom stereocenters. The third-order valence-corrected chi connectivity index (χ3v) is 6.20. The van der Waals surface area contributed by atoms with Gasteiger partial charge in [0.1, 0.15) is 12.1 Å². The summed E-state index contributed by atoms with van der Waals surface area (Å²) in [7, 11) is 1.49. The minimum atomic E-state index is -1.06. The molecule has 0 radical (unpaired) electrons. The van der Waals surface area contributed by atoms with E-state index in [2.05, 4.69) is 0 Å². The summed E-state index contributed by atoms with van der Waals surface area (Å²) in [5.41, 5.74) is 0.459. The molecule has 1 saturated heterocycles. The van der Waals surface area contributed by atoms with Gasteiger partial charge in [-0.1, -0.05) is 30.5 Å². The van der Waals surface area contributed by atoms with E-state index in [0.29, 0.717) is 17.0 Å². The lowest BCUT2D eigenvalue weighted by Gasteiger charge is -2.35. The summed E-state index contributed by atoms with van der Waals surface area (Å²) in [6.45, 7) is 1.48. The molecule has 1 heterocycles. The fraction of sp³-hybridized carbons (Fsp3) is 0.550. The highest BCUT2D eigenvalue weighted by Gasteiger charge is 2.48. The van der Waals surface area contributed by atoms with Crippen LogP contribution < -0.4 is 0 Å². The van der Waals surface area contributed by atoms with E-state index in [1.54, 1.807) is 29.2 Å². The Labute approximate surface area is 164 Å². The molecule has 0 bridgehead atoms. The molecule has 1 aliphatic carbocycles. The van der Waals surface area contributed by atoms with Crippen molar-refractivity contribution in [2.24, 2.45) is 5.92 Å². The predicted molar refractivity (Wildman–Crippen MR) is 102 cm³/mol. The molecular formula is C20H25ClN2O4. The van der Waals surface area contributed by atoms with Crippen LogP contribution in [0.5, 0.6) is 0 Å². The number of hydrogen-bond donors (Lipinski definition) is 1. The van der Waals surface area contributed by atoms with Crippen LogP contribution in [0.15, 0.2) is 24.3 Å². The number of amides is 2. The number of hydrogen-bond acceptors (Lipinski definition) is 3. The molecule has 0 spiro atoms. The molecule has 4 unspecified atom stereocenters. The van der Waals surface area contributed by atoms with Gasteiger partial charge in [-0.2, -0.15) is 0 Å². The van der Waals surface area contributed by atoms with Crippen molar-refractivity contribution in [1.82, 2.24) is 9.80 Å². The van der Waals surface area contributed by atoms with E-state index in [9.17, 15) is 19.5 Å². The van der Waals surface area contributed by atoms with Gasteiger partial charge in [-0.3, -0.25) is 9.59 Å². The summed E-state index contributed by atoms with van der Waals surface area (Å²) in [5, 5.41) is 9.72. The molecule has 7 heteroatoms. The second-order valence-electron chi connectivity index (χ2n) is 7.55. The minimum Gasteiger partial charge on any atom is -0.480 e. The molecule has 1 aliphatic heterocycles. The number of carboxylic acid groups (broad SMARTS) is 1. The standard InChI is InChI=1S/C20H25ClN2O4/c1-12(20(26)27)22(2)19(25)17-11-13-6-3-4-9-16(13)23(17)18(24)14-7-5-8-15(21)10-14/h5,7-8,10,12-13,16-17H,3-4,6,9,11H2,1-2H3,(H,26,27). The third-order valence-electron chi connectivity index (χ3n) is 5.97. The lowest BCUT2D eigenvalue weighted by Crippen LogP contribution is -2.52. The predicted octanol–water partition coefficient (Wildman–Crippen LogP) is 3.04. The van der Waals surface area contributed by atoms with E-state index in [1.165, 1.54) is 18.9 Å². The van der Waals surface area contributed by atoms with Gasteiger partial charge in [-0.15, -0.1) is 0 Å². The highest BCUT2D eigenvalue weighted by Crippen LogP contribution is 2.41. The van der Waals surface area contributed by atoms with Crippen LogP contribution in [0.3, 0.4) is 0 Å². The van der Waals surface area contributed by atoms with Crippen molar-refractivity contribution >= 4 is 29.4 Å². The molecule has 3 rings (SSSR count). The van der Waals surface area contributed by atoms with Crippen LogP contribution in [0.1, 0.15) is 49.4 Å². The summed E-state index contributed by atoms with van der Waals surface area (Å²) in [6, 6.07) is 5.20. The van der Waals surface area contributed by atoms with Crippen molar-refractivity contribution in [2.75, 3.05) is 7.05 Å². The van der Waals surface area contributed by atoms with Crippen molar-refractivity contribution < 1.29 is 19.5 Å². The average molecular weight is 393 g/mol. The summed E-state index contributed by atoms with van der Waals surface area (Å²) < 4.78 is 0. The molecule has 6 nitrogen and oxygen atoms in total. The number of carbonyl (C=O) groups is 3. The van der Waals surface area contributed by atoms with Crippen LogP contribution in [0.25, 0.3) is 0 Å². The second kappa shape index (κ2) is 7.89. The van der Waals surface area contributed by atoms with Crippen molar-refractivity contribution in [1.29, 1.82) is 0 Å². The summed E-state index contributed by atoms with van der Waals surface area (Å²) in [4.78, 5) is 40.6. The zero-order valence-electron chi connectivity index (χ0n) is 15.6. The molecule has 2 fully saturated rings. The van der Waals surface area contributed by atoms with Crippen LogP contribution in [0.2, 0.25) is 5.02 Å². The highest BCUT2D eigenvalue weighted by atomic mass is 35.5. The van der Waals surface area contributed by atoms with Gasteiger partial charge in [0.25, 0.3) is 5.91 Å². The first-order valence-electron chi connectivity index (χ1n) is 9.39. The Morgan fingerprint density at radius 1 is 1.26 bits per heavy atom. The second-order valence-corrected chi connectivity index (χ2v) is 7.99. The maximum atomic E-state index is 13.3. The van der Waals surface area contributed by atoms with E-state index in [4.69, 9.17) is 11.6 Å². The molecule has 2 aliphatic rings. The van der Waals surface area contributed by atoms with E-state index in [0.717, 1.165) is 25.7 Å². The Bertz CT molecular complexity index is 753. The third kappa shape index (κ3) is 3.81. The number of rotatable bonds is 4. The van der Waals surface area contributed by atoms with Crippen molar-refractivity contribution in [3.8, 4) is 0 Å². The number of likely N-dealkylation sites (tertiary alicyclic amines) is 1. The normalized spacial score (nSPS) is 25.6. The zero-order valence-corrected chi connectivity index (χ0v) is 16.4. The molecule has 1 N–H and O–H groups in total. The lowest BCUT2D eigenvalue weighted by molar-refractivity contribution is -0.149. The van der Waals surface area contributed by atoms with Gasteiger partial charge >= 0.3 is 5.97 Å². The summed E-state index contributed by atoms with van der Waals surface area (Å²) in [6.07, 6.45) is 4.59. The van der Waals surface area contributed by atoms with Crippen LogP contribution in [-0.4, -0.2) is 57.9 Å². The van der Waals surface area contributed by atoms with Gasteiger partial charge in [0.15, 0.2) is 0 Å². The largest absolute Gasteiger partial charge is 0.480 e. The number of halogens is 1. The van der Waals surface area contributed by atoms with E-state index in [1.807, 2.05) is 0 Å². The molecule has 1 aromatic carbocycles. The zero-order chi connectivity index (χ0) is 19.7. The fourth-order valence-corrected chi connectivity index (χ4v) is 4.53. The van der Waals surface area contributed by atoms with Crippen molar-refractivity contribution in [2.45, 2.75) is 57.2 Å². The first-order valence-corrected chi connectivity index (χ1v) is 9.76. The first kappa shape index (κ1) is 19.7. The molecule has 2 amide bonds. The van der Waals surface area contributed by atoms with Crippen molar-refractivity contribution in [3.63, 3.8) is 0 Å². The first-order chi connectivity index (χ1) is 12.8. The van der Waals surface area contributed by atoms with Gasteiger partial charge in [-0.25, -0.2) is 4.79 Å². The molecule has 0 aromatic heterocycles. The number of carbonyl (C=O) groups excluding carboxylic acids is 2. The molecule has 1 saturated carbocycles. The van der Waals surface area contributed by atoms with E-state index < -0.39 is 18.1 Å². The average Bonchev–Trinajstić information content (AvgIpc) is 3.05. The molecule has 27 heavy (non-hydrogen) atoms. The smallest absolute Gasteiger partial charge is 0.326 e. The van der Waals surface area contributed by atoms with E-state index >= 15 is 0 Å². The number of carboxylic acids is 1. The van der Waals surface area contributed by atoms with Gasteiger partial charge in [0.05, 0.1) is 0 Å². The van der Waals surface area contributed by atoms with E-state index in [-0.39, 0.29) is 23.8 Å². The Hall–Kier alpha value is -2.08.